The van der Waals surface area contributed by atoms with Crippen molar-refractivity contribution in [2.45, 2.75) is 83.5 Å². The van der Waals surface area contributed by atoms with Crippen molar-refractivity contribution in [3.8, 4) is 0 Å². The summed E-state index contributed by atoms with van der Waals surface area (Å²) in [5, 5.41) is 9.60. The van der Waals surface area contributed by atoms with E-state index in [1.54, 1.807) is 13.8 Å². The van der Waals surface area contributed by atoms with Crippen LogP contribution in [0, 0.1) is 0 Å². The van der Waals surface area contributed by atoms with Gasteiger partial charge in [0, 0.05) is 6.42 Å². The van der Waals surface area contributed by atoms with Crippen LogP contribution in [0.5, 0.6) is 0 Å². The molecule has 1 aliphatic heterocycles. The van der Waals surface area contributed by atoms with E-state index in [4.69, 9.17) is 9.16 Å². The first-order chi connectivity index (χ1) is 10.8. The summed E-state index contributed by atoms with van der Waals surface area (Å²) in [5.74, 6) is 0. The number of ether oxygens (including phenoxy) is 1. The molecule has 0 saturated carbocycles. The summed E-state index contributed by atoms with van der Waals surface area (Å²) >= 11 is 0. The molecular formula is C16H31NO5Si. The molecule has 1 saturated heterocycles. The number of aldehydes is 1. The topological polar surface area (TPSA) is 76.1 Å². The van der Waals surface area contributed by atoms with Crippen molar-refractivity contribution in [2.75, 3.05) is 6.61 Å². The van der Waals surface area contributed by atoms with E-state index in [-0.39, 0.29) is 12.1 Å². The Morgan fingerprint density at radius 3 is 2.39 bits per heavy atom. The standard InChI is InChI=1S/C16H31NO5Si/c1-6-23(7-2,8-3)22-14(10-9-11-18)13-12-21-16(4,5)17(13)15(19)20/h11,13-14H,6-10,12H2,1-5H3,(H,19,20)/t13-,14-/m0/s1. The SMILES string of the molecule is CC[Si](CC)(CC)O[C@@H](CCC=O)[C@@H]1COC(C)(C)N1C(=O)O. The van der Waals surface area contributed by atoms with Crippen molar-refractivity contribution in [1.29, 1.82) is 0 Å². The molecule has 0 aromatic carbocycles. The molecule has 0 spiro atoms. The third-order valence-electron chi connectivity index (χ3n) is 5.06. The summed E-state index contributed by atoms with van der Waals surface area (Å²) in [4.78, 5) is 23.9. The lowest BCUT2D eigenvalue weighted by Gasteiger charge is -2.39. The van der Waals surface area contributed by atoms with Gasteiger partial charge in [0.1, 0.15) is 12.0 Å². The molecule has 6 nitrogen and oxygen atoms in total. The van der Waals surface area contributed by atoms with Gasteiger partial charge in [-0.15, -0.1) is 0 Å². The Kier molecular flexibility index (Phi) is 7.22. The second-order valence-corrected chi connectivity index (χ2v) is 11.3. The zero-order chi connectivity index (χ0) is 17.7. The smallest absolute Gasteiger partial charge is 0.409 e. The fourth-order valence-electron chi connectivity index (χ4n) is 3.36. The fraction of sp³-hybridized carbons (Fsp3) is 0.875. The van der Waals surface area contributed by atoms with Crippen LogP contribution < -0.4 is 0 Å². The lowest BCUT2D eigenvalue weighted by molar-refractivity contribution is -0.108. The molecule has 1 N–H and O–H groups in total. The van der Waals surface area contributed by atoms with Gasteiger partial charge in [-0.05, 0) is 38.4 Å². The van der Waals surface area contributed by atoms with Crippen LogP contribution in [0.4, 0.5) is 4.79 Å². The molecule has 0 aromatic heterocycles. The number of carbonyl (C=O) groups is 2. The zero-order valence-electron chi connectivity index (χ0n) is 15.0. The first-order valence-electron chi connectivity index (χ1n) is 8.54. The number of carboxylic acid groups (broad SMARTS) is 1. The summed E-state index contributed by atoms with van der Waals surface area (Å²) in [7, 11) is -1.90. The normalized spacial score (nSPS) is 22.1. The van der Waals surface area contributed by atoms with Gasteiger partial charge in [-0.2, -0.15) is 0 Å². The highest BCUT2D eigenvalue weighted by molar-refractivity contribution is 6.73. The van der Waals surface area contributed by atoms with Crippen molar-refractivity contribution in [3.63, 3.8) is 0 Å². The molecule has 1 rings (SSSR count). The molecule has 2 atom stereocenters. The maximum absolute atomic E-state index is 11.7. The Balaban J connectivity index is 3.05. The highest BCUT2D eigenvalue weighted by atomic mass is 28.4. The summed E-state index contributed by atoms with van der Waals surface area (Å²) in [6.45, 7) is 10.2. The van der Waals surface area contributed by atoms with Crippen LogP contribution in [-0.4, -0.2) is 55.2 Å². The molecule has 23 heavy (non-hydrogen) atoms. The summed E-state index contributed by atoms with van der Waals surface area (Å²) in [6.07, 6.45) is 0.483. The van der Waals surface area contributed by atoms with E-state index in [0.717, 1.165) is 24.4 Å². The molecule has 134 valence electrons. The van der Waals surface area contributed by atoms with E-state index in [1.807, 2.05) is 0 Å². The molecule has 1 fully saturated rings. The lowest BCUT2D eigenvalue weighted by Crippen LogP contribution is -2.54. The van der Waals surface area contributed by atoms with E-state index in [2.05, 4.69) is 20.8 Å². The third kappa shape index (κ3) is 4.55. The molecular weight excluding hydrogens is 314 g/mol. The Bertz CT molecular complexity index is 403. The van der Waals surface area contributed by atoms with Gasteiger partial charge in [0.15, 0.2) is 8.32 Å². The first kappa shape index (κ1) is 20.1. The Morgan fingerprint density at radius 1 is 1.39 bits per heavy atom. The van der Waals surface area contributed by atoms with E-state index in [1.165, 1.54) is 4.90 Å². The number of hydrogen-bond acceptors (Lipinski definition) is 4. The summed E-state index contributed by atoms with van der Waals surface area (Å²) in [6, 6.07) is 2.60. The van der Waals surface area contributed by atoms with Gasteiger partial charge in [0.2, 0.25) is 0 Å². The van der Waals surface area contributed by atoms with Crippen LogP contribution in [0.15, 0.2) is 0 Å². The van der Waals surface area contributed by atoms with Crippen LogP contribution in [0.25, 0.3) is 0 Å². The number of nitrogens with zero attached hydrogens (tertiary/aromatic N) is 1. The molecule has 1 aliphatic rings. The number of hydrogen-bond donors (Lipinski definition) is 1. The fourth-order valence-corrected chi connectivity index (χ4v) is 6.28. The minimum absolute atomic E-state index is 0.287. The molecule has 1 heterocycles. The van der Waals surface area contributed by atoms with E-state index < -0.39 is 20.1 Å². The average molecular weight is 346 g/mol. The first-order valence-corrected chi connectivity index (χ1v) is 11.1. The van der Waals surface area contributed by atoms with E-state index >= 15 is 0 Å². The third-order valence-corrected chi connectivity index (χ3v) is 9.73. The van der Waals surface area contributed by atoms with E-state index in [0.29, 0.717) is 19.4 Å². The second kappa shape index (κ2) is 8.26. The monoisotopic (exact) mass is 345 g/mol. The predicted octanol–water partition coefficient (Wildman–Crippen LogP) is 3.47. The van der Waals surface area contributed by atoms with Crippen LogP contribution in [0.1, 0.15) is 47.5 Å². The van der Waals surface area contributed by atoms with Crippen LogP contribution in [0.3, 0.4) is 0 Å². The van der Waals surface area contributed by atoms with Gasteiger partial charge in [0.25, 0.3) is 0 Å². The van der Waals surface area contributed by atoms with Crippen LogP contribution in [0.2, 0.25) is 18.1 Å². The minimum atomic E-state index is -1.90. The van der Waals surface area contributed by atoms with Crippen molar-refractivity contribution in [2.24, 2.45) is 0 Å². The van der Waals surface area contributed by atoms with Crippen molar-refractivity contribution in [3.05, 3.63) is 0 Å². The Hall–Kier alpha value is -0.923. The van der Waals surface area contributed by atoms with E-state index in [9.17, 15) is 14.7 Å². The molecule has 0 aliphatic carbocycles. The lowest BCUT2D eigenvalue weighted by atomic mass is 10.1. The molecule has 1 amide bonds. The largest absolute Gasteiger partial charge is 0.465 e. The zero-order valence-corrected chi connectivity index (χ0v) is 16.0. The van der Waals surface area contributed by atoms with Crippen molar-refractivity contribution < 1.29 is 23.9 Å². The maximum Gasteiger partial charge on any atom is 0.409 e. The Morgan fingerprint density at radius 2 is 1.96 bits per heavy atom. The average Bonchev–Trinajstić information content (AvgIpc) is 2.84. The molecule has 0 aromatic rings. The maximum atomic E-state index is 11.7. The minimum Gasteiger partial charge on any atom is -0.465 e. The predicted molar refractivity (Wildman–Crippen MR) is 91.1 cm³/mol. The van der Waals surface area contributed by atoms with Crippen molar-refractivity contribution >= 4 is 20.7 Å². The second-order valence-electron chi connectivity index (χ2n) is 6.62. The highest BCUT2D eigenvalue weighted by Gasteiger charge is 2.48. The molecule has 0 radical (unpaired) electrons. The molecule has 7 heteroatoms. The quantitative estimate of drug-likeness (QED) is 0.511. The van der Waals surface area contributed by atoms with Crippen molar-refractivity contribution in [1.82, 2.24) is 4.90 Å². The van der Waals surface area contributed by atoms with Gasteiger partial charge in [-0.25, -0.2) is 4.79 Å². The van der Waals surface area contributed by atoms with Gasteiger partial charge in [-0.3, -0.25) is 4.90 Å². The Labute approximate surface area is 140 Å². The number of carbonyl (C=O) groups excluding carboxylic acids is 1. The molecule has 0 bridgehead atoms. The number of amides is 1. The van der Waals surface area contributed by atoms with Gasteiger partial charge < -0.3 is 19.1 Å². The van der Waals surface area contributed by atoms with Gasteiger partial charge in [0.05, 0.1) is 18.8 Å². The number of rotatable bonds is 9. The highest BCUT2D eigenvalue weighted by Crippen LogP contribution is 2.34. The van der Waals surface area contributed by atoms with Gasteiger partial charge >= 0.3 is 6.09 Å². The van der Waals surface area contributed by atoms with Crippen LogP contribution in [-0.2, 0) is 14.0 Å². The van der Waals surface area contributed by atoms with Crippen LogP contribution >= 0.6 is 0 Å². The summed E-state index contributed by atoms with van der Waals surface area (Å²) < 4.78 is 12.2. The van der Waals surface area contributed by atoms with Gasteiger partial charge in [-0.1, -0.05) is 20.8 Å². The molecule has 0 unspecified atom stereocenters. The summed E-state index contributed by atoms with van der Waals surface area (Å²) in [5.41, 5.74) is -0.867.